The molecule has 1 aliphatic rings. The van der Waals surface area contributed by atoms with Gasteiger partial charge in [-0.25, -0.2) is 4.79 Å². The largest absolute Gasteiger partial charge is 0.452 e. The van der Waals surface area contributed by atoms with E-state index in [4.69, 9.17) is 10.00 Å². The van der Waals surface area contributed by atoms with E-state index in [0.717, 1.165) is 37.9 Å². The quantitative estimate of drug-likeness (QED) is 0.630. The lowest BCUT2D eigenvalue weighted by molar-refractivity contribution is -0.148. The molecule has 1 aromatic carbocycles. The van der Waals surface area contributed by atoms with Gasteiger partial charge < -0.3 is 9.64 Å². The number of ether oxygens (including phenoxy) is 1. The number of carbonyl (C=O) groups excluding carboxylic acids is 2. The van der Waals surface area contributed by atoms with Crippen LogP contribution in [0.4, 0.5) is 0 Å². The highest BCUT2D eigenvalue weighted by Gasteiger charge is 2.17. The molecule has 0 aromatic heterocycles. The molecule has 1 fully saturated rings. The number of nitriles is 1. The Morgan fingerprint density at radius 3 is 2.50 bits per heavy atom. The first-order chi connectivity index (χ1) is 10.7. The van der Waals surface area contributed by atoms with Crippen molar-refractivity contribution in [1.29, 1.82) is 5.26 Å². The fourth-order valence-corrected chi connectivity index (χ4v) is 2.25. The van der Waals surface area contributed by atoms with Crippen molar-refractivity contribution in [2.45, 2.75) is 19.3 Å². The van der Waals surface area contributed by atoms with E-state index < -0.39 is 5.97 Å². The highest BCUT2D eigenvalue weighted by Crippen LogP contribution is 2.09. The van der Waals surface area contributed by atoms with Gasteiger partial charge in [-0.1, -0.05) is 12.1 Å². The summed E-state index contributed by atoms with van der Waals surface area (Å²) in [4.78, 5) is 25.2. The van der Waals surface area contributed by atoms with Crippen LogP contribution in [0.3, 0.4) is 0 Å². The summed E-state index contributed by atoms with van der Waals surface area (Å²) in [6.45, 7) is 1.28. The van der Waals surface area contributed by atoms with Crippen LogP contribution in [-0.2, 0) is 14.3 Å². The van der Waals surface area contributed by atoms with E-state index in [1.165, 1.54) is 6.08 Å². The zero-order valence-electron chi connectivity index (χ0n) is 12.3. The summed E-state index contributed by atoms with van der Waals surface area (Å²) in [5.74, 6) is -0.686. The molecule has 1 amide bonds. The van der Waals surface area contributed by atoms with Crippen LogP contribution in [-0.4, -0.2) is 36.5 Å². The molecule has 1 aromatic rings. The van der Waals surface area contributed by atoms with Gasteiger partial charge in [-0.05, 0) is 43.0 Å². The maximum absolute atomic E-state index is 11.8. The summed E-state index contributed by atoms with van der Waals surface area (Å²) < 4.78 is 4.95. The average Bonchev–Trinajstić information content (AvgIpc) is 2.59. The minimum Gasteiger partial charge on any atom is -0.452 e. The van der Waals surface area contributed by atoms with Crippen molar-refractivity contribution >= 4 is 18.0 Å². The van der Waals surface area contributed by atoms with Crippen molar-refractivity contribution in [3.05, 3.63) is 41.5 Å². The molecule has 1 aliphatic heterocycles. The van der Waals surface area contributed by atoms with Gasteiger partial charge in [0.05, 0.1) is 11.6 Å². The number of amides is 1. The van der Waals surface area contributed by atoms with Crippen LogP contribution in [0.25, 0.3) is 6.08 Å². The third kappa shape index (κ3) is 4.74. The first-order valence-electron chi connectivity index (χ1n) is 7.32. The maximum Gasteiger partial charge on any atom is 0.331 e. The standard InChI is InChI=1S/C17H18N2O3/c18-12-15-6-4-14(5-7-15)8-9-17(21)22-13-16(20)19-10-2-1-3-11-19/h4-9H,1-3,10-11,13H2/b9-8+. The van der Waals surface area contributed by atoms with E-state index in [0.29, 0.717) is 5.56 Å². The van der Waals surface area contributed by atoms with Gasteiger partial charge in [0, 0.05) is 19.2 Å². The SMILES string of the molecule is N#Cc1ccc(/C=C/C(=O)OCC(=O)N2CCCCC2)cc1. The number of benzene rings is 1. The van der Waals surface area contributed by atoms with Crippen LogP contribution in [0.5, 0.6) is 0 Å². The van der Waals surface area contributed by atoms with E-state index in [1.54, 1.807) is 35.2 Å². The first kappa shape index (κ1) is 15.8. The second-order valence-electron chi connectivity index (χ2n) is 5.12. The van der Waals surface area contributed by atoms with E-state index in [2.05, 4.69) is 0 Å². The van der Waals surface area contributed by atoms with Gasteiger partial charge in [-0.2, -0.15) is 5.26 Å². The first-order valence-corrected chi connectivity index (χ1v) is 7.32. The number of likely N-dealkylation sites (tertiary alicyclic amines) is 1. The predicted octanol–water partition coefficient (Wildman–Crippen LogP) is 2.13. The summed E-state index contributed by atoms with van der Waals surface area (Å²) >= 11 is 0. The smallest absolute Gasteiger partial charge is 0.331 e. The van der Waals surface area contributed by atoms with Gasteiger partial charge in [-0.15, -0.1) is 0 Å². The molecular weight excluding hydrogens is 280 g/mol. The Morgan fingerprint density at radius 2 is 1.86 bits per heavy atom. The molecule has 2 rings (SSSR count). The van der Waals surface area contributed by atoms with Crippen molar-refractivity contribution in [2.24, 2.45) is 0 Å². The minimum absolute atomic E-state index is 0.139. The molecule has 114 valence electrons. The molecule has 5 nitrogen and oxygen atoms in total. The monoisotopic (exact) mass is 298 g/mol. The van der Waals surface area contributed by atoms with Gasteiger partial charge in [-0.3, -0.25) is 4.79 Å². The predicted molar refractivity (Wildman–Crippen MR) is 81.6 cm³/mol. The number of hydrogen-bond donors (Lipinski definition) is 0. The molecular formula is C17H18N2O3. The highest BCUT2D eigenvalue weighted by molar-refractivity contribution is 5.89. The molecule has 0 N–H and O–H groups in total. The highest BCUT2D eigenvalue weighted by atomic mass is 16.5. The van der Waals surface area contributed by atoms with Gasteiger partial charge in [0.2, 0.25) is 0 Å². The van der Waals surface area contributed by atoms with Gasteiger partial charge >= 0.3 is 5.97 Å². The van der Waals surface area contributed by atoms with Gasteiger partial charge in [0.25, 0.3) is 5.91 Å². The molecule has 0 unspecified atom stereocenters. The van der Waals surface area contributed by atoms with E-state index in [1.807, 2.05) is 6.07 Å². The number of esters is 1. The summed E-state index contributed by atoms with van der Waals surface area (Å²) in [5, 5.41) is 8.70. The van der Waals surface area contributed by atoms with Crippen LogP contribution >= 0.6 is 0 Å². The second-order valence-corrected chi connectivity index (χ2v) is 5.12. The normalized spacial score (nSPS) is 14.6. The van der Waals surface area contributed by atoms with Crippen molar-refractivity contribution < 1.29 is 14.3 Å². The number of carbonyl (C=O) groups is 2. The van der Waals surface area contributed by atoms with Gasteiger partial charge in [0.15, 0.2) is 6.61 Å². The van der Waals surface area contributed by atoms with E-state index in [9.17, 15) is 9.59 Å². The van der Waals surface area contributed by atoms with Crippen LogP contribution in [0.15, 0.2) is 30.3 Å². The Hall–Kier alpha value is -2.61. The summed E-state index contributed by atoms with van der Waals surface area (Å²) in [6, 6.07) is 8.84. The number of nitrogens with zero attached hydrogens (tertiary/aromatic N) is 2. The van der Waals surface area contributed by atoms with Crippen LogP contribution in [0, 0.1) is 11.3 Å². The van der Waals surface area contributed by atoms with Crippen molar-refractivity contribution in [3.63, 3.8) is 0 Å². The van der Waals surface area contributed by atoms with Crippen LogP contribution in [0.1, 0.15) is 30.4 Å². The number of piperidine rings is 1. The minimum atomic E-state index is -0.547. The summed E-state index contributed by atoms with van der Waals surface area (Å²) in [5.41, 5.74) is 1.35. The lowest BCUT2D eigenvalue weighted by Gasteiger charge is -2.26. The van der Waals surface area contributed by atoms with Crippen molar-refractivity contribution in [1.82, 2.24) is 4.90 Å². The lowest BCUT2D eigenvalue weighted by atomic mass is 10.1. The molecule has 1 heterocycles. The van der Waals surface area contributed by atoms with Crippen LogP contribution in [0.2, 0.25) is 0 Å². The molecule has 0 saturated carbocycles. The fraction of sp³-hybridized carbons (Fsp3) is 0.353. The topological polar surface area (TPSA) is 70.4 Å². The molecule has 0 spiro atoms. The third-order valence-corrected chi connectivity index (χ3v) is 3.50. The van der Waals surface area contributed by atoms with Crippen LogP contribution < -0.4 is 0 Å². The zero-order chi connectivity index (χ0) is 15.8. The lowest BCUT2D eigenvalue weighted by Crippen LogP contribution is -2.38. The Balaban J connectivity index is 1.78. The van der Waals surface area contributed by atoms with Crippen molar-refractivity contribution in [2.75, 3.05) is 19.7 Å². The molecule has 22 heavy (non-hydrogen) atoms. The Kier molecular flexibility index (Phi) is 5.73. The Morgan fingerprint density at radius 1 is 1.18 bits per heavy atom. The Bertz CT molecular complexity index is 593. The zero-order valence-corrected chi connectivity index (χ0v) is 12.3. The fourth-order valence-electron chi connectivity index (χ4n) is 2.25. The maximum atomic E-state index is 11.8. The number of hydrogen-bond acceptors (Lipinski definition) is 4. The molecule has 5 heteroatoms. The van der Waals surface area contributed by atoms with Gasteiger partial charge in [0.1, 0.15) is 0 Å². The Labute approximate surface area is 129 Å². The molecule has 1 saturated heterocycles. The summed E-state index contributed by atoms with van der Waals surface area (Å²) in [6.07, 6.45) is 6.05. The summed E-state index contributed by atoms with van der Waals surface area (Å²) in [7, 11) is 0. The molecule has 0 radical (unpaired) electrons. The molecule has 0 bridgehead atoms. The van der Waals surface area contributed by atoms with E-state index in [-0.39, 0.29) is 12.5 Å². The van der Waals surface area contributed by atoms with E-state index >= 15 is 0 Å². The van der Waals surface area contributed by atoms with Crippen molar-refractivity contribution in [3.8, 4) is 6.07 Å². The molecule has 0 aliphatic carbocycles. The third-order valence-electron chi connectivity index (χ3n) is 3.50. The average molecular weight is 298 g/mol. The number of rotatable bonds is 4. The molecule has 0 atom stereocenters. The second kappa shape index (κ2) is 7.99.